The molecule has 1 rings (SSSR count). The van der Waals surface area contributed by atoms with Gasteiger partial charge in [-0.2, -0.15) is 0 Å². The minimum Gasteiger partial charge on any atom is -0.273 e. The summed E-state index contributed by atoms with van der Waals surface area (Å²) in [7, 11) is 1.58. The zero-order valence-corrected chi connectivity index (χ0v) is 6.47. The predicted molar refractivity (Wildman–Crippen MR) is 39.6 cm³/mol. The minimum absolute atomic E-state index is 0.0758. The highest BCUT2D eigenvalue weighted by atomic mass is 16.1. The van der Waals surface area contributed by atoms with Gasteiger partial charge in [0.2, 0.25) is 5.91 Å². The summed E-state index contributed by atoms with van der Waals surface area (Å²) in [5.41, 5.74) is 0. The molecule has 1 fully saturated rings. The summed E-state index contributed by atoms with van der Waals surface area (Å²) in [6.07, 6.45) is 5.78. The normalized spacial score (nSPS) is 19.3. The largest absolute Gasteiger partial charge is 0.273 e. The van der Waals surface area contributed by atoms with Gasteiger partial charge in [-0.25, -0.2) is 0 Å². The van der Waals surface area contributed by atoms with Crippen LogP contribution in [-0.4, -0.2) is 13.0 Å². The average Bonchev–Trinajstić information content (AvgIpc) is 2.40. The van der Waals surface area contributed by atoms with Crippen LogP contribution in [0.3, 0.4) is 0 Å². The number of nitrogens with zero attached hydrogens (tertiary/aromatic N) is 1. The molecule has 0 aromatic heterocycles. The molecule has 0 atom stereocenters. The highest BCUT2D eigenvalue weighted by Crippen LogP contribution is 2.27. The van der Waals surface area contributed by atoms with Crippen LogP contribution in [-0.2, 0) is 4.79 Å². The Balaban J connectivity index is 2.17. The van der Waals surface area contributed by atoms with E-state index in [0.717, 1.165) is 0 Å². The van der Waals surface area contributed by atoms with Crippen LogP contribution in [0.1, 0.15) is 32.1 Å². The van der Waals surface area contributed by atoms with Crippen LogP contribution in [0.15, 0.2) is 0 Å². The van der Waals surface area contributed by atoms with Gasteiger partial charge in [0.05, 0.1) is 0 Å². The molecule has 57 valence electrons. The van der Waals surface area contributed by atoms with E-state index in [0.29, 0.717) is 12.3 Å². The Labute approximate surface area is 62.0 Å². The van der Waals surface area contributed by atoms with Crippen molar-refractivity contribution in [1.29, 1.82) is 0 Å². The molecule has 0 spiro atoms. The second kappa shape index (κ2) is 3.59. The van der Waals surface area contributed by atoms with E-state index < -0.39 is 0 Å². The summed E-state index contributed by atoms with van der Waals surface area (Å²) >= 11 is 0. The third-order valence-corrected chi connectivity index (χ3v) is 2.19. The lowest BCUT2D eigenvalue weighted by atomic mass is 10.0. The lowest BCUT2D eigenvalue weighted by Gasteiger charge is -2.04. The van der Waals surface area contributed by atoms with E-state index in [9.17, 15) is 4.79 Å². The van der Waals surface area contributed by atoms with Crippen LogP contribution in [0.2, 0.25) is 0 Å². The number of carbonyl (C=O) groups is 1. The zero-order chi connectivity index (χ0) is 7.40. The van der Waals surface area contributed by atoms with Gasteiger partial charge in [0, 0.05) is 13.5 Å². The molecule has 1 aliphatic carbocycles. The Kier molecular flexibility index (Phi) is 2.72. The first kappa shape index (κ1) is 7.58. The van der Waals surface area contributed by atoms with Gasteiger partial charge in [-0.15, -0.1) is 0 Å². The molecular formula is C8H14NO. The summed E-state index contributed by atoms with van der Waals surface area (Å²) < 4.78 is 0. The summed E-state index contributed by atoms with van der Waals surface area (Å²) in [6, 6.07) is 0. The van der Waals surface area contributed by atoms with Gasteiger partial charge in [0.1, 0.15) is 0 Å². The topological polar surface area (TPSA) is 31.2 Å². The maximum absolute atomic E-state index is 10.8. The maximum Gasteiger partial charge on any atom is 0.241 e. The second-order valence-corrected chi connectivity index (χ2v) is 2.97. The van der Waals surface area contributed by atoms with Crippen LogP contribution >= 0.6 is 0 Å². The van der Waals surface area contributed by atoms with E-state index in [1.54, 1.807) is 7.05 Å². The Bertz CT molecular complexity index is 116. The molecule has 0 N–H and O–H groups in total. The smallest absolute Gasteiger partial charge is 0.241 e. The Morgan fingerprint density at radius 1 is 1.50 bits per heavy atom. The zero-order valence-electron chi connectivity index (χ0n) is 6.47. The molecule has 1 aliphatic rings. The fourth-order valence-electron chi connectivity index (χ4n) is 1.55. The van der Waals surface area contributed by atoms with Crippen molar-refractivity contribution in [3.05, 3.63) is 0 Å². The van der Waals surface area contributed by atoms with Crippen molar-refractivity contribution in [3.63, 3.8) is 0 Å². The molecule has 1 amide bonds. The quantitative estimate of drug-likeness (QED) is 0.569. The Morgan fingerprint density at radius 3 is 2.60 bits per heavy atom. The van der Waals surface area contributed by atoms with E-state index in [1.807, 2.05) is 0 Å². The molecule has 1 saturated carbocycles. The standard InChI is InChI=1S/C8H14NO/c1-9-8(10)6-7-4-2-3-5-7/h7H,2-6H2,1H3. The Morgan fingerprint density at radius 2 is 2.10 bits per heavy atom. The molecule has 10 heavy (non-hydrogen) atoms. The third kappa shape index (κ3) is 2.01. The monoisotopic (exact) mass is 140 g/mol. The van der Waals surface area contributed by atoms with E-state index in [-0.39, 0.29) is 5.91 Å². The first-order valence-corrected chi connectivity index (χ1v) is 3.95. The van der Waals surface area contributed by atoms with Crippen molar-refractivity contribution in [3.8, 4) is 0 Å². The molecule has 0 aromatic carbocycles. The number of hydrogen-bond acceptors (Lipinski definition) is 1. The fourth-order valence-corrected chi connectivity index (χ4v) is 1.55. The molecule has 0 unspecified atom stereocenters. The number of rotatable bonds is 2. The van der Waals surface area contributed by atoms with Gasteiger partial charge in [0.15, 0.2) is 0 Å². The first-order chi connectivity index (χ1) is 4.83. The van der Waals surface area contributed by atoms with Gasteiger partial charge < -0.3 is 0 Å². The van der Waals surface area contributed by atoms with Crippen molar-refractivity contribution in [1.82, 2.24) is 5.32 Å². The molecule has 1 radical (unpaired) electrons. The van der Waals surface area contributed by atoms with Gasteiger partial charge in [-0.1, -0.05) is 12.8 Å². The van der Waals surface area contributed by atoms with Crippen LogP contribution in [0, 0.1) is 5.92 Å². The van der Waals surface area contributed by atoms with E-state index >= 15 is 0 Å². The van der Waals surface area contributed by atoms with Crippen LogP contribution in [0.4, 0.5) is 0 Å². The van der Waals surface area contributed by atoms with Gasteiger partial charge in [-0.3, -0.25) is 10.1 Å². The maximum atomic E-state index is 10.8. The highest BCUT2D eigenvalue weighted by molar-refractivity contribution is 5.75. The van der Waals surface area contributed by atoms with Crippen molar-refractivity contribution in [2.75, 3.05) is 7.05 Å². The SMILES string of the molecule is C[N]C(=O)CC1CCCC1. The predicted octanol–water partition coefficient (Wildman–Crippen LogP) is 1.33. The number of amides is 1. The number of carbonyl (C=O) groups excluding carboxylic acids is 1. The van der Waals surface area contributed by atoms with Crippen LogP contribution in [0.5, 0.6) is 0 Å². The molecule has 0 bridgehead atoms. The third-order valence-electron chi connectivity index (χ3n) is 2.19. The van der Waals surface area contributed by atoms with Crippen molar-refractivity contribution < 1.29 is 4.79 Å². The molecule has 0 aliphatic heterocycles. The minimum atomic E-state index is 0.0758. The average molecular weight is 140 g/mol. The molecule has 0 saturated heterocycles. The van der Waals surface area contributed by atoms with E-state index in [2.05, 4.69) is 5.32 Å². The van der Waals surface area contributed by atoms with Crippen LogP contribution < -0.4 is 5.32 Å². The summed E-state index contributed by atoms with van der Waals surface area (Å²) in [5, 5.41) is 3.61. The lowest BCUT2D eigenvalue weighted by Crippen LogP contribution is -2.13. The molecule has 2 nitrogen and oxygen atoms in total. The van der Waals surface area contributed by atoms with Crippen molar-refractivity contribution in [2.45, 2.75) is 32.1 Å². The molecule has 0 aromatic rings. The lowest BCUT2D eigenvalue weighted by molar-refractivity contribution is -0.121. The van der Waals surface area contributed by atoms with Crippen molar-refractivity contribution in [2.24, 2.45) is 5.92 Å². The molecule has 0 heterocycles. The molecular weight excluding hydrogens is 126 g/mol. The Hall–Kier alpha value is -0.530. The van der Waals surface area contributed by atoms with Gasteiger partial charge in [-0.05, 0) is 18.8 Å². The van der Waals surface area contributed by atoms with Crippen molar-refractivity contribution >= 4 is 5.91 Å². The van der Waals surface area contributed by atoms with E-state index in [1.165, 1.54) is 25.7 Å². The second-order valence-electron chi connectivity index (χ2n) is 2.97. The van der Waals surface area contributed by atoms with Gasteiger partial charge in [0.25, 0.3) is 0 Å². The van der Waals surface area contributed by atoms with Crippen LogP contribution in [0.25, 0.3) is 0 Å². The summed E-state index contributed by atoms with van der Waals surface area (Å²) in [6.45, 7) is 0. The first-order valence-electron chi connectivity index (χ1n) is 3.95. The fraction of sp³-hybridized carbons (Fsp3) is 0.875. The molecule has 2 heteroatoms. The summed E-state index contributed by atoms with van der Waals surface area (Å²) in [4.78, 5) is 10.8. The number of hydrogen-bond donors (Lipinski definition) is 0. The van der Waals surface area contributed by atoms with Gasteiger partial charge >= 0.3 is 0 Å². The van der Waals surface area contributed by atoms with E-state index in [4.69, 9.17) is 0 Å². The summed E-state index contributed by atoms with van der Waals surface area (Å²) in [5.74, 6) is 0.725. The highest BCUT2D eigenvalue weighted by Gasteiger charge is 2.17.